The van der Waals surface area contributed by atoms with Gasteiger partial charge >= 0.3 is 0 Å². The van der Waals surface area contributed by atoms with Crippen LogP contribution < -0.4 is 5.32 Å². The molecule has 0 saturated heterocycles. The molecule has 0 heterocycles. The Kier molecular flexibility index (Phi) is 7.92. The molecule has 130 valence electrons. The molecular weight excluding hydrogens is 290 g/mol. The summed E-state index contributed by atoms with van der Waals surface area (Å²) in [5, 5.41) is 23.1. The summed E-state index contributed by atoms with van der Waals surface area (Å²) < 4.78 is 5.64. The van der Waals surface area contributed by atoms with Crippen LogP contribution in [0.5, 0.6) is 0 Å². The first-order chi connectivity index (χ1) is 10.7. The fraction of sp³-hybridized carbons (Fsp3) is 0.579. The first-order valence-electron chi connectivity index (χ1n) is 8.17. The third-order valence-electron chi connectivity index (χ3n) is 3.39. The molecule has 0 saturated carbocycles. The second kappa shape index (κ2) is 9.18. The lowest BCUT2D eigenvalue weighted by atomic mass is 10.0. The van der Waals surface area contributed by atoms with Crippen molar-refractivity contribution >= 4 is 0 Å². The molecule has 0 aromatic heterocycles. The lowest BCUT2D eigenvalue weighted by Crippen LogP contribution is -2.39. The van der Waals surface area contributed by atoms with E-state index < -0.39 is 5.60 Å². The predicted molar refractivity (Wildman–Crippen MR) is 94.4 cm³/mol. The Labute approximate surface area is 140 Å². The van der Waals surface area contributed by atoms with E-state index in [9.17, 15) is 10.2 Å². The normalized spacial score (nSPS) is 16.4. The van der Waals surface area contributed by atoms with Gasteiger partial charge in [-0.3, -0.25) is 0 Å². The maximum atomic E-state index is 10.4. The van der Waals surface area contributed by atoms with E-state index in [1.54, 1.807) is 13.0 Å². The second-order valence-corrected chi connectivity index (χ2v) is 7.04. The van der Waals surface area contributed by atoms with Gasteiger partial charge in [-0.2, -0.15) is 0 Å². The van der Waals surface area contributed by atoms with Crippen molar-refractivity contribution in [2.24, 2.45) is 0 Å². The van der Waals surface area contributed by atoms with E-state index in [1.165, 1.54) is 0 Å². The summed E-state index contributed by atoms with van der Waals surface area (Å²) in [7, 11) is 0. The van der Waals surface area contributed by atoms with E-state index in [0.29, 0.717) is 13.2 Å². The van der Waals surface area contributed by atoms with Gasteiger partial charge in [-0.25, -0.2) is 0 Å². The van der Waals surface area contributed by atoms with Crippen LogP contribution in [0.2, 0.25) is 0 Å². The van der Waals surface area contributed by atoms with Gasteiger partial charge in [0.25, 0.3) is 0 Å². The van der Waals surface area contributed by atoms with Gasteiger partial charge in [0.15, 0.2) is 0 Å². The summed E-state index contributed by atoms with van der Waals surface area (Å²) in [4.78, 5) is 0. The number of ether oxygens (including phenoxy) is 1. The lowest BCUT2D eigenvalue weighted by molar-refractivity contribution is -0.000256. The first kappa shape index (κ1) is 19.8. The van der Waals surface area contributed by atoms with Crippen LogP contribution in [0.25, 0.3) is 0 Å². The molecule has 0 spiro atoms. The van der Waals surface area contributed by atoms with Crippen molar-refractivity contribution in [1.29, 1.82) is 0 Å². The highest BCUT2D eigenvalue weighted by Gasteiger charge is 2.19. The zero-order chi connectivity index (χ0) is 17.3. The Hall–Kier alpha value is -1.20. The van der Waals surface area contributed by atoms with Crippen molar-refractivity contribution in [2.75, 3.05) is 19.8 Å². The molecule has 0 bridgehead atoms. The monoisotopic (exact) mass is 321 g/mol. The van der Waals surface area contributed by atoms with E-state index in [4.69, 9.17) is 4.74 Å². The van der Waals surface area contributed by atoms with E-state index in [-0.39, 0.29) is 18.2 Å². The molecule has 2 atom stereocenters. The molecule has 1 aromatic carbocycles. The topological polar surface area (TPSA) is 61.7 Å². The molecule has 0 fully saturated rings. The summed E-state index contributed by atoms with van der Waals surface area (Å²) >= 11 is 0. The Balaban J connectivity index is 2.41. The number of hydrogen-bond donors (Lipinski definition) is 3. The van der Waals surface area contributed by atoms with Crippen molar-refractivity contribution in [3.8, 4) is 0 Å². The van der Waals surface area contributed by atoms with E-state index in [1.807, 2.05) is 57.2 Å². The molecule has 1 rings (SSSR count). The Morgan fingerprint density at radius 2 is 1.83 bits per heavy atom. The van der Waals surface area contributed by atoms with Crippen LogP contribution in [0.4, 0.5) is 0 Å². The molecule has 4 nitrogen and oxygen atoms in total. The molecule has 0 amide bonds. The zero-order valence-electron chi connectivity index (χ0n) is 14.7. The van der Waals surface area contributed by atoms with E-state index in [0.717, 1.165) is 12.0 Å². The standard InChI is InChI=1S/C19H31NO3/c1-18(2,3)23-13-9-8-12-19(4,22)15-20-17(14-21)16-10-6-5-7-11-16/h5-8,10-12,17,20-22H,9,13-15H2,1-4H3/b12-8+/t17-,19?/m0/s1. The number of rotatable bonds is 9. The van der Waals surface area contributed by atoms with Crippen molar-refractivity contribution in [1.82, 2.24) is 5.32 Å². The average Bonchev–Trinajstić information content (AvgIpc) is 2.47. The zero-order valence-corrected chi connectivity index (χ0v) is 14.7. The Bertz CT molecular complexity index is 463. The van der Waals surface area contributed by atoms with Gasteiger partial charge in [-0.1, -0.05) is 42.5 Å². The quantitative estimate of drug-likeness (QED) is 0.483. The molecule has 0 aliphatic heterocycles. The smallest absolute Gasteiger partial charge is 0.0923 e. The maximum Gasteiger partial charge on any atom is 0.0923 e. The van der Waals surface area contributed by atoms with Crippen molar-refractivity contribution in [3.05, 3.63) is 48.0 Å². The minimum absolute atomic E-state index is 0.0107. The second-order valence-electron chi connectivity index (χ2n) is 7.04. The summed E-state index contributed by atoms with van der Waals surface area (Å²) in [6.07, 6.45) is 4.48. The predicted octanol–water partition coefficient (Wildman–Crippen LogP) is 2.82. The molecular formula is C19H31NO3. The minimum atomic E-state index is -0.968. The molecule has 0 aliphatic rings. The molecule has 0 radical (unpaired) electrons. The lowest BCUT2D eigenvalue weighted by Gasteiger charge is -2.24. The van der Waals surface area contributed by atoms with Gasteiger partial charge < -0.3 is 20.3 Å². The Morgan fingerprint density at radius 3 is 2.39 bits per heavy atom. The van der Waals surface area contributed by atoms with Gasteiger partial charge in [0.05, 0.1) is 30.5 Å². The molecule has 4 heteroatoms. The average molecular weight is 321 g/mol. The third-order valence-corrected chi connectivity index (χ3v) is 3.39. The van der Waals surface area contributed by atoms with Gasteiger partial charge in [0.2, 0.25) is 0 Å². The van der Waals surface area contributed by atoms with Crippen LogP contribution in [0.1, 0.15) is 45.7 Å². The first-order valence-corrected chi connectivity index (χ1v) is 8.17. The summed E-state index contributed by atoms with van der Waals surface area (Å²) in [5.74, 6) is 0. The summed E-state index contributed by atoms with van der Waals surface area (Å²) in [5.41, 5.74) is -0.0975. The highest BCUT2D eigenvalue weighted by Crippen LogP contribution is 2.14. The number of benzene rings is 1. The maximum absolute atomic E-state index is 10.4. The highest BCUT2D eigenvalue weighted by atomic mass is 16.5. The molecule has 1 unspecified atom stereocenters. The van der Waals surface area contributed by atoms with Crippen LogP contribution in [-0.2, 0) is 4.74 Å². The van der Waals surface area contributed by atoms with Gasteiger partial charge in [0, 0.05) is 6.54 Å². The van der Waals surface area contributed by atoms with Crippen LogP contribution >= 0.6 is 0 Å². The molecule has 3 N–H and O–H groups in total. The number of aliphatic hydroxyl groups excluding tert-OH is 1. The molecule has 23 heavy (non-hydrogen) atoms. The van der Waals surface area contributed by atoms with Crippen molar-refractivity contribution < 1.29 is 14.9 Å². The fourth-order valence-corrected chi connectivity index (χ4v) is 2.13. The van der Waals surface area contributed by atoms with Crippen molar-refractivity contribution in [2.45, 2.75) is 51.4 Å². The Morgan fingerprint density at radius 1 is 1.17 bits per heavy atom. The summed E-state index contributed by atoms with van der Waals surface area (Å²) in [6, 6.07) is 9.56. The van der Waals surface area contributed by atoms with Crippen LogP contribution in [0.3, 0.4) is 0 Å². The van der Waals surface area contributed by atoms with Crippen molar-refractivity contribution in [3.63, 3.8) is 0 Å². The largest absolute Gasteiger partial charge is 0.394 e. The molecule has 1 aromatic rings. The van der Waals surface area contributed by atoms with Gasteiger partial charge in [-0.15, -0.1) is 0 Å². The minimum Gasteiger partial charge on any atom is -0.394 e. The SMILES string of the molecule is CC(O)(/C=C/CCOC(C)(C)C)CN[C@@H](CO)c1ccccc1. The third kappa shape index (κ3) is 8.86. The van der Waals surface area contributed by atoms with Crippen LogP contribution in [0.15, 0.2) is 42.5 Å². The molecule has 0 aliphatic carbocycles. The van der Waals surface area contributed by atoms with Crippen LogP contribution in [-0.4, -0.2) is 41.2 Å². The highest BCUT2D eigenvalue weighted by molar-refractivity contribution is 5.19. The fourth-order valence-electron chi connectivity index (χ4n) is 2.13. The van der Waals surface area contributed by atoms with Gasteiger partial charge in [0.1, 0.15) is 0 Å². The number of nitrogens with one attached hydrogen (secondary N) is 1. The van der Waals surface area contributed by atoms with Gasteiger partial charge in [-0.05, 0) is 39.7 Å². The van der Waals surface area contributed by atoms with E-state index >= 15 is 0 Å². The van der Waals surface area contributed by atoms with Crippen LogP contribution in [0, 0.1) is 0 Å². The number of aliphatic hydroxyl groups is 2. The summed E-state index contributed by atoms with van der Waals surface area (Å²) in [6.45, 7) is 8.81. The number of hydrogen-bond acceptors (Lipinski definition) is 4. The van der Waals surface area contributed by atoms with E-state index in [2.05, 4.69) is 5.32 Å².